The van der Waals surface area contributed by atoms with Crippen LogP contribution in [0.2, 0.25) is 0 Å². The minimum absolute atomic E-state index is 0.0438. The Kier molecular flexibility index (Phi) is 7.89. The van der Waals surface area contributed by atoms with Gasteiger partial charge in [0.15, 0.2) is 11.0 Å². The Morgan fingerprint density at radius 2 is 1.69 bits per heavy atom. The maximum Gasteiger partial charge on any atom is 0.490 e. The summed E-state index contributed by atoms with van der Waals surface area (Å²) in [5.74, 6) is 0. The van der Waals surface area contributed by atoms with Crippen molar-refractivity contribution >= 4 is 47.9 Å². The molecule has 1 aliphatic heterocycles. The van der Waals surface area contributed by atoms with E-state index >= 15 is 0 Å². The van der Waals surface area contributed by atoms with Gasteiger partial charge in [-0.1, -0.05) is 12.2 Å². The summed E-state index contributed by atoms with van der Waals surface area (Å²) >= 11 is 9.91. The van der Waals surface area contributed by atoms with Crippen molar-refractivity contribution in [2.24, 2.45) is 0 Å². The van der Waals surface area contributed by atoms with Gasteiger partial charge in [0.25, 0.3) is 0 Å². The molecule has 1 aromatic heterocycles. The molecule has 0 amide bonds. The number of rotatable bonds is 8. The Hall–Kier alpha value is -0.190. The zero-order valence-corrected chi connectivity index (χ0v) is 18.1. The lowest BCUT2D eigenvalue weighted by molar-refractivity contribution is -0.0533. The highest BCUT2D eigenvalue weighted by atomic mass is 32.1. The third-order valence-electron chi connectivity index (χ3n) is 3.28. The van der Waals surface area contributed by atoms with E-state index in [1.165, 1.54) is 16.8 Å². The van der Waals surface area contributed by atoms with Crippen molar-refractivity contribution in [3.8, 4) is 0 Å². The molecule has 6 atom stereocenters. The van der Waals surface area contributed by atoms with E-state index in [-0.39, 0.29) is 4.77 Å². The first-order valence-electron chi connectivity index (χ1n) is 7.22. The maximum absolute atomic E-state index is 11.7. The summed E-state index contributed by atoms with van der Waals surface area (Å²) in [6.07, 6.45) is -4.49. The number of phosphoric acid groups is 3. The first-order valence-corrected chi connectivity index (χ1v) is 12.6. The Bertz CT molecular complexity index is 1010. The third kappa shape index (κ3) is 7.18. The van der Waals surface area contributed by atoms with Crippen molar-refractivity contribution in [1.82, 2.24) is 9.55 Å². The average molecular weight is 516 g/mol. The van der Waals surface area contributed by atoms with Gasteiger partial charge in [0.2, 0.25) is 0 Å². The number of aliphatic hydroxyl groups excluding tert-OH is 2. The number of nitrogens with zero attached hydrogens (tertiary/aromatic N) is 1. The van der Waals surface area contributed by atoms with Crippen molar-refractivity contribution < 1.29 is 61.4 Å². The number of ether oxygens (including phenoxy) is 1. The van der Waals surface area contributed by atoms with E-state index in [0.717, 1.165) is 0 Å². The molecule has 1 aromatic rings. The van der Waals surface area contributed by atoms with Crippen LogP contribution in [0.15, 0.2) is 12.3 Å². The number of nitrogens with one attached hydrogen (secondary N) is 1. The van der Waals surface area contributed by atoms with Crippen LogP contribution in [0.4, 0.5) is 0 Å². The molecule has 2 heterocycles. The first kappa shape index (κ1) is 25.1. The zero-order chi connectivity index (χ0) is 22.2. The molecule has 2 rings (SSSR count). The number of hydrogen-bond acceptors (Lipinski definition) is 11. The molecule has 1 saturated heterocycles. The van der Waals surface area contributed by atoms with Crippen LogP contribution < -0.4 is 0 Å². The van der Waals surface area contributed by atoms with E-state index in [4.69, 9.17) is 43.9 Å². The Labute approximate surface area is 171 Å². The summed E-state index contributed by atoms with van der Waals surface area (Å²) in [6, 6.07) is 1.42. The molecule has 4 unspecified atom stereocenters. The van der Waals surface area contributed by atoms with Crippen LogP contribution in [0.1, 0.15) is 6.23 Å². The van der Waals surface area contributed by atoms with Crippen molar-refractivity contribution in [3.05, 3.63) is 21.7 Å². The van der Waals surface area contributed by atoms with Crippen molar-refractivity contribution in [3.63, 3.8) is 0 Å². The first-order chi connectivity index (χ1) is 13.1. The third-order valence-corrected chi connectivity index (χ3v) is 7.63. The van der Waals surface area contributed by atoms with Crippen molar-refractivity contribution in [1.29, 1.82) is 0 Å². The van der Waals surface area contributed by atoms with Crippen molar-refractivity contribution in [2.75, 3.05) is 6.61 Å². The van der Waals surface area contributed by atoms with Crippen LogP contribution in [0.3, 0.4) is 0 Å². The van der Waals surface area contributed by atoms with Crippen LogP contribution in [-0.4, -0.2) is 64.3 Å². The topological polar surface area (TPSA) is 230 Å². The van der Waals surface area contributed by atoms with E-state index in [1.54, 1.807) is 0 Å². The lowest BCUT2D eigenvalue weighted by Gasteiger charge is -2.19. The highest BCUT2D eigenvalue weighted by molar-refractivity contribution is 7.72. The van der Waals surface area contributed by atoms with Gasteiger partial charge >= 0.3 is 23.5 Å². The SMILES string of the molecule is O=P(O)(O)OP(=O)(O)OP(=O)(O)OC[C@H]1O[C@@H](n2ccc(=S)[nH]c2=S)C(O)C1O. The van der Waals surface area contributed by atoms with E-state index in [2.05, 4.69) is 18.1 Å². The number of aliphatic hydroxyl groups is 2. The van der Waals surface area contributed by atoms with Gasteiger partial charge in [-0.3, -0.25) is 9.09 Å². The summed E-state index contributed by atoms with van der Waals surface area (Å²) in [4.78, 5) is 38.0. The van der Waals surface area contributed by atoms with E-state index in [1.807, 2.05) is 0 Å². The number of aromatic amines is 1. The lowest BCUT2D eigenvalue weighted by atomic mass is 10.1. The van der Waals surface area contributed by atoms with Crippen LogP contribution in [0.5, 0.6) is 0 Å². The standard InChI is InChI=1S/C9H15N2O13P3S2/c12-6-4(3-21-26(17,18)24-27(19,20)23-25(14,15)16)22-8(7(6)13)11-2-1-5(28)10-9(11)29/h1-2,4,6-8,12-13H,3H2,(H,17,18)(H,19,20)(H,10,28,29)(H2,14,15,16)/t4-,6?,7?,8-/m1/s1. The lowest BCUT2D eigenvalue weighted by Crippen LogP contribution is -2.33. The summed E-state index contributed by atoms with van der Waals surface area (Å²) < 4.78 is 51.9. The zero-order valence-electron chi connectivity index (χ0n) is 13.8. The van der Waals surface area contributed by atoms with Gasteiger partial charge in [0.05, 0.1) is 6.61 Å². The molecule has 0 saturated carbocycles. The van der Waals surface area contributed by atoms with Gasteiger partial charge in [0, 0.05) is 6.20 Å². The van der Waals surface area contributed by atoms with Crippen LogP contribution in [-0.2, 0) is 31.6 Å². The molecule has 0 spiro atoms. The summed E-state index contributed by atoms with van der Waals surface area (Å²) in [5.41, 5.74) is 0. The Balaban J connectivity index is 2.06. The molecule has 0 bridgehead atoms. The molecule has 1 aliphatic rings. The number of hydrogen-bond donors (Lipinski definition) is 7. The maximum atomic E-state index is 11.7. The molecule has 0 aromatic carbocycles. The smallest absolute Gasteiger partial charge is 0.387 e. The fraction of sp³-hybridized carbons (Fsp3) is 0.556. The highest BCUT2D eigenvalue weighted by Gasteiger charge is 2.46. The normalized spacial score (nSPS) is 29.3. The van der Waals surface area contributed by atoms with Gasteiger partial charge in [-0.15, -0.1) is 0 Å². The fourth-order valence-corrected chi connectivity index (χ4v) is 5.72. The minimum atomic E-state index is -5.68. The molecule has 0 radical (unpaired) electrons. The predicted octanol–water partition coefficient (Wildman–Crippen LogP) is 0.238. The van der Waals surface area contributed by atoms with Gasteiger partial charge in [-0.05, 0) is 18.3 Å². The molecule has 0 aliphatic carbocycles. The second-order valence-electron chi connectivity index (χ2n) is 5.45. The summed E-state index contributed by atoms with van der Waals surface area (Å²) in [7, 11) is -16.6. The van der Waals surface area contributed by atoms with E-state index < -0.39 is 54.6 Å². The van der Waals surface area contributed by atoms with Crippen LogP contribution >= 0.6 is 47.9 Å². The van der Waals surface area contributed by atoms with Crippen LogP contribution in [0.25, 0.3) is 0 Å². The highest BCUT2D eigenvalue weighted by Crippen LogP contribution is 2.66. The van der Waals surface area contributed by atoms with E-state index in [9.17, 15) is 28.8 Å². The fourth-order valence-electron chi connectivity index (χ4n) is 2.20. The molecule has 7 N–H and O–H groups in total. The van der Waals surface area contributed by atoms with E-state index in [0.29, 0.717) is 4.64 Å². The summed E-state index contributed by atoms with van der Waals surface area (Å²) in [6.45, 7) is -0.936. The molecule has 15 nitrogen and oxygen atoms in total. The van der Waals surface area contributed by atoms with Gasteiger partial charge < -0.3 is 39.5 Å². The Morgan fingerprint density at radius 3 is 2.24 bits per heavy atom. The monoisotopic (exact) mass is 516 g/mol. The predicted molar refractivity (Wildman–Crippen MR) is 96.2 cm³/mol. The van der Waals surface area contributed by atoms with Gasteiger partial charge in [0.1, 0.15) is 23.0 Å². The van der Waals surface area contributed by atoms with Gasteiger partial charge in [-0.25, -0.2) is 13.7 Å². The van der Waals surface area contributed by atoms with Crippen molar-refractivity contribution in [2.45, 2.75) is 24.5 Å². The quantitative estimate of drug-likeness (QED) is 0.181. The second kappa shape index (κ2) is 9.12. The molecule has 29 heavy (non-hydrogen) atoms. The molecule has 1 fully saturated rings. The molecule has 166 valence electrons. The van der Waals surface area contributed by atoms with Gasteiger partial charge in [-0.2, -0.15) is 8.62 Å². The number of phosphoric ester groups is 1. The Morgan fingerprint density at radius 1 is 1.07 bits per heavy atom. The minimum Gasteiger partial charge on any atom is -0.387 e. The average Bonchev–Trinajstić information content (AvgIpc) is 2.78. The summed E-state index contributed by atoms with van der Waals surface area (Å²) in [5, 5.41) is 20.2. The number of aromatic nitrogens is 2. The molecular weight excluding hydrogens is 501 g/mol. The largest absolute Gasteiger partial charge is 0.490 e. The van der Waals surface area contributed by atoms with Crippen LogP contribution in [0, 0.1) is 9.41 Å². The molecular formula is C9H15N2O13P3S2. The number of H-pyrrole nitrogens is 1. The second-order valence-corrected chi connectivity index (χ2v) is 10.7. The molecule has 20 heteroatoms.